The van der Waals surface area contributed by atoms with Crippen molar-refractivity contribution in [3.8, 4) is 0 Å². The predicted molar refractivity (Wildman–Crippen MR) is 82.1 cm³/mol. The number of rotatable bonds is 2. The van der Waals surface area contributed by atoms with Crippen LogP contribution in [0.15, 0.2) is 42.5 Å². The smallest absolute Gasteiger partial charge is 0.104 e. The summed E-state index contributed by atoms with van der Waals surface area (Å²) >= 11 is 0. The van der Waals surface area contributed by atoms with Crippen LogP contribution in [0.4, 0.5) is 5.69 Å². The average Bonchev–Trinajstić information content (AvgIpc) is 2.99. The molecule has 1 aliphatic carbocycles. The Morgan fingerprint density at radius 3 is 2.60 bits per heavy atom. The van der Waals surface area contributed by atoms with Gasteiger partial charge in [-0.15, -0.1) is 0 Å². The van der Waals surface area contributed by atoms with Crippen LogP contribution in [0, 0.1) is 6.92 Å². The third-order valence-electron chi connectivity index (χ3n) is 4.02. The maximum atomic E-state index is 4.44. The molecule has 0 atom stereocenters. The van der Waals surface area contributed by atoms with Crippen molar-refractivity contribution in [3.05, 3.63) is 59.4 Å². The molecule has 0 spiro atoms. The summed E-state index contributed by atoms with van der Waals surface area (Å²) in [5.41, 5.74) is 6.25. The Bertz CT molecular complexity index is 748. The van der Waals surface area contributed by atoms with Gasteiger partial charge in [0.05, 0.1) is 11.0 Å². The number of nitrogens with zero attached hydrogens (tertiary/aromatic N) is 1. The molecule has 0 unspecified atom stereocenters. The highest BCUT2D eigenvalue weighted by Crippen LogP contribution is 2.25. The fraction of sp³-hybridized carbons (Fsp3) is 0.235. The molecule has 3 nitrogen and oxygen atoms in total. The predicted octanol–water partition coefficient (Wildman–Crippen LogP) is 3.45. The molecule has 3 heteroatoms. The second-order valence-corrected chi connectivity index (χ2v) is 5.57. The SMILES string of the molecule is Cc1nc2ccc(NC3Cc4ccccc4C3)cc2[nH]1. The average molecular weight is 263 g/mol. The van der Waals surface area contributed by atoms with E-state index in [9.17, 15) is 0 Å². The molecule has 0 saturated carbocycles. The summed E-state index contributed by atoms with van der Waals surface area (Å²) in [6, 6.07) is 15.6. The lowest BCUT2D eigenvalue weighted by Gasteiger charge is -2.13. The molecule has 4 rings (SSSR count). The van der Waals surface area contributed by atoms with Gasteiger partial charge in [0.25, 0.3) is 0 Å². The van der Waals surface area contributed by atoms with Gasteiger partial charge in [-0.2, -0.15) is 0 Å². The van der Waals surface area contributed by atoms with Crippen molar-refractivity contribution in [2.24, 2.45) is 0 Å². The zero-order valence-corrected chi connectivity index (χ0v) is 11.5. The van der Waals surface area contributed by atoms with Crippen molar-refractivity contribution in [2.75, 3.05) is 5.32 Å². The number of hydrogen-bond acceptors (Lipinski definition) is 2. The molecule has 20 heavy (non-hydrogen) atoms. The third kappa shape index (κ3) is 1.95. The summed E-state index contributed by atoms with van der Waals surface area (Å²) in [7, 11) is 0. The topological polar surface area (TPSA) is 40.7 Å². The summed E-state index contributed by atoms with van der Waals surface area (Å²) < 4.78 is 0. The van der Waals surface area contributed by atoms with Crippen LogP contribution in [0.25, 0.3) is 11.0 Å². The lowest BCUT2D eigenvalue weighted by Crippen LogP contribution is -2.19. The normalized spacial score (nSPS) is 14.7. The van der Waals surface area contributed by atoms with Gasteiger partial charge < -0.3 is 10.3 Å². The van der Waals surface area contributed by atoms with E-state index in [1.54, 1.807) is 0 Å². The van der Waals surface area contributed by atoms with Crippen LogP contribution in [0.5, 0.6) is 0 Å². The number of H-pyrrole nitrogens is 1. The van der Waals surface area contributed by atoms with Gasteiger partial charge in [0.2, 0.25) is 0 Å². The van der Waals surface area contributed by atoms with E-state index >= 15 is 0 Å². The van der Waals surface area contributed by atoms with Gasteiger partial charge in [-0.25, -0.2) is 4.98 Å². The standard InChI is InChI=1S/C17H17N3/c1-11-18-16-7-6-14(10-17(16)19-11)20-15-8-12-4-2-3-5-13(12)9-15/h2-7,10,15,20H,8-9H2,1H3,(H,18,19). The van der Waals surface area contributed by atoms with Crippen LogP contribution >= 0.6 is 0 Å². The van der Waals surface area contributed by atoms with Crippen LogP contribution in [0.1, 0.15) is 17.0 Å². The summed E-state index contributed by atoms with van der Waals surface area (Å²) in [6.07, 6.45) is 2.21. The van der Waals surface area contributed by atoms with Crippen LogP contribution in [-0.4, -0.2) is 16.0 Å². The molecule has 2 aromatic carbocycles. The number of hydrogen-bond donors (Lipinski definition) is 2. The van der Waals surface area contributed by atoms with E-state index in [1.165, 1.54) is 16.8 Å². The number of aryl methyl sites for hydroxylation is 1. The summed E-state index contributed by atoms with van der Waals surface area (Å²) in [5, 5.41) is 3.64. The highest BCUT2D eigenvalue weighted by molar-refractivity contribution is 5.79. The molecule has 1 heterocycles. The largest absolute Gasteiger partial charge is 0.382 e. The Labute approximate surface area is 118 Å². The molecule has 0 amide bonds. The Kier molecular flexibility index (Phi) is 2.52. The number of aromatic amines is 1. The molecule has 2 N–H and O–H groups in total. The zero-order chi connectivity index (χ0) is 13.5. The van der Waals surface area contributed by atoms with E-state index in [-0.39, 0.29) is 0 Å². The lowest BCUT2D eigenvalue weighted by molar-refractivity contribution is 0.774. The monoisotopic (exact) mass is 263 g/mol. The molecule has 0 bridgehead atoms. The van der Waals surface area contributed by atoms with Crippen molar-refractivity contribution in [2.45, 2.75) is 25.8 Å². The van der Waals surface area contributed by atoms with Gasteiger partial charge >= 0.3 is 0 Å². The molecule has 1 aromatic heterocycles. The lowest BCUT2D eigenvalue weighted by atomic mass is 10.1. The molecule has 1 aliphatic rings. The fourth-order valence-electron chi connectivity index (χ4n) is 3.12. The minimum absolute atomic E-state index is 0.494. The van der Waals surface area contributed by atoms with Gasteiger partial charge in [0.1, 0.15) is 5.82 Å². The first kappa shape index (κ1) is 11.5. The number of benzene rings is 2. The van der Waals surface area contributed by atoms with Gasteiger partial charge in [0.15, 0.2) is 0 Å². The summed E-state index contributed by atoms with van der Waals surface area (Å²) in [4.78, 5) is 7.72. The summed E-state index contributed by atoms with van der Waals surface area (Å²) in [5.74, 6) is 0.963. The van der Waals surface area contributed by atoms with Crippen LogP contribution in [0.3, 0.4) is 0 Å². The first-order chi connectivity index (χ1) is 9.78. The van der Waals surface area contributed by atoms with E-state index in [0.717, 1.165) is 29.7 Å². The van der Waals surface area contributed by atoms with Gasteiger partial charge in [-0.3, -0.25) is 0 Å². The quantitative estimate of drug-likeness (QED) is 0.743. The first-order valence-electron chi connectivity index (χ1n) is 7.07. The van der Waals surface area contributed by atoms with Crippen molar-refractivity contribution >= 4 is 16.7 Å². The van der Waals surface area contributed by atoms with Gasteiger partial charge in [0, 0.05) is 11.7 Å². The van der Waals surface area contributed by atoms with Crippen LogP contribution in [0.2, 0.25) is 0 Å². The molecule has 100 valence electrons. The van der Waals surface area contributed by atoms with Crippen LogP contribution < -0.4 is 5.32 Å². The summed E-state index contributed by atoms with van der Waals surface area (Å²) in [6.45, 7) is 1.99. The van der Waals surface area contributed by atoms with Gasteiger partial charge in [-0.1, -0.05) is 24.3 Å². The van der Waals surface area contributed by atoms with E-state index in [4.69, 9.17) is 0 Å². The minimum atomic E-state index is 0.494. The first-order valence-corrected chi connectivity index (χ1v) is 7.07. The molecule has 0 aliphatic heterocycles. The van der Waals surface area contributed by atoms with Crippen molar-refractivity contribution in [1.82, 2.24) is 9.97 Å². The third-order valence-corrected chi connectivity index (χ3v) is 4.02. The maximum absolute atomic E-state index is 4.44. The molecule has 0 saturated heterocycles. The number of anilines is 1. The number of fused-ring (bicyclic) bond motifs is 2. The van der Waals surface area contributed by atoms with Crippen LogP contribution in [-0.2, 0) is 12.8 Å². The van der Waals surface area contributed by atoms with Gasteiger partial charge in [-0.05, 0) is 49.1 Å². The molecule has 0 radical (unpaired) electrons. The highest BCUT2D eigenvalue weighted by Gasteiger charge is 2.20. The Hall–Kier alpha value is -2.29. The van der Waals surface area contributed by atoms with Crippen molar-refractivity contribution in [1.29, 1.82) is 0 Å². The minimum Gasteiger partial charge on any atom is -0.382 e. The van der Waals surface area contributed by atoms with E-state index in [2.05, 4.69) is 57.7 Å². The van der Waals surface area contributed by atoms with E-state index in [0.29, 0.717) is 6.04 Å². The highest BCUT2D eigenvalue weighted by atomic mass is 14.9. The molecular formula is C17H17N3. The molecular weight excluding hydrogens is 246 g/mol. The second kappa shape index (κ2) is 4.37. The maximum Gasteiger partial charge on any atom is 0.104 e. The number of imidazole rings is 1. The second-order valence-electron chi connectivity index (χ2n) is 5.57. The number of aromatic nitrogens is 2. The van der Waals surface area contributed by atoms with E-state index < -0.39 is 0 Å². The number of nitrogens with one attached hydrogen (secondary N) is 2. The van der Waals surface area contributed by atoms with Crippen molar-refractivity contribution < 1.29 is 0 Å². The Morgan fingerprint density at radius 1 is 1.10 bits per heavy atom. The Morgan fingerprint density at radius 2 is 1.85 bits per heavy atom. The Balaban J connectivity index is 1.57. The fourth-order valence-corrected chi connectivity index (χ4v) is 3.12. The molecule has 0 fully saturated rings. The zero-order valence-electron chi connectivity index (χ0n) is 11.5. The molecule has 3 aromatic rings. The van der Waals surface area contributed by atoms with E-state index in [1.807, 2.05) is 6.92 Å². The van der Waals surface area contributed by atoms with Crippen molar-refractivity contribution in [3.63, 3.8) is 0 Å².